The van der Waals surface area contributed by atoms with E-state index in [0.717, 1.165) is 41.9 Å². The van der Waals surface area contributed by atoms with Crippen LogP contribution in [0.5, 0.6) is 0 Å². The second-order valence-corrected chi connectivity index (χ2v) is 9.89. The first-order chi connectivity index (χ1) is 15.8. The van der Waals surface area contributed by atoms with Crippen LogP contribution in [-0.4, -0.2) is 47.7 Å². The summed E-state index contributed by atoms with van der Waals surface area (Å²) in [5.74, 6) is 0.603. The molecule has 0 spiro atoms. The van der Waals surface area contributed by atoms with Gasteiger partial charge >= 0.3 is 0 Å². The number of aromatic nitrogens is 2. The lowest BCUT2D eigenvalue weighted by Crippen LogP contribution is -2.27. The number of hydrogen-bond acceptors (Lipinski definition) is 7. The first kappa shape index (κ1) is 22.8. The summed E-state index contributed by atoms with van der Waals surface area (Å²) in [7, 11) is 0. The fraction of sp³-hybridized carbons (Fsp3) is 0.375. The molecule has 1 amide bonds. The van der Waals surface area contributed by atoms with E-state index < -0.39 is 0 Å². The van der Waals surface area contributed by atoms with Crippen molar-refractivity contribution in [3.8, 4) is 0 Å². The van der Waals surface area contributed by atoms with Crippen LogP contribution in [-0.2, 0) is 9.53 Å². The standard InChI is InChI=1S/C24H28N4O2S2/c29-22(17-31-24-28-27-23(32-24)26-16-20-12-7-15-30-20)25-14-13-21(18-8-3-1-4-9-18)19-10-5-2-6-11-19/h1-6,8-11,20-21H,7,12-17H2,(H,25,29)(H,26,27). The number of hydrogen-bond donors (Lipinski definition) is 2. The Kier molecular flexibility index (Phi) is 8.53. The SMILES string of the molecule is O=C(CSc1nnc(NCC2CCCO2)s1)NCCC(c1ccccc1)c1ccccc1. The summed E-state index contributed by atoms with van der Waals surface area (Å²) in [4.78, 5) is 12.4. The normalized spacial score (nSPS) is 15.7. The van der Waals surface area contributed by atoms with Gasteiger partial charge in [0.25, 0.3) is 0 Å². The Balaban J connectivity index is 1.21. The van der Waals surface area contributed by atoms with Gasteiger partial charge in [-0.25, -0.2) is 0 Å². The molecule has 1 saturated heterocycles. The van der Waals surface area contributed by atoms with Gasteiger partial charge in [-0.3, -0.25) is 4.79 Å². The lowest BCUT2D eigenvalue weighted by Gasteiger charge is -2.18. The van der Waals surface area contributed by atoms with Crippen molar-refractivity contribution >= 4 is 34.1 Å². The Morgan fingerprint density at radius 2 is 1.81 bits per heavy atom. The summed E-state index contributed by atoms with van der Waals surface area (Å²) >= 11 is 2.90. The summed E-state index contributed by atoms with van der Waals surface area (Å²) in [5, 5.41) is 15.4. The molecule has 8 heteroatoms. The Morgan fingerprint density at radius 3 is 2.47 bits per heavy atom. The van der Waals surface area contributed by atoms with E-state index in [0.29, 0.717) is 12.3 Å². The van der Waals surface area contributed by atoms with Gasteiger partial charge < -0.3 is 15.4 Å². The molecule has 3 aromatic rings. The predicted molar refractivity (Wildman–Crippen MR) is 130 cm³/mol. The van der Waals surface area contributed by atoms with E-state index in [1.807, 2.05) is 12.1 Å². The number of anilines is 1. The molecule has 1 aliphatic heterocycles. The Hall–Kier alpha value is -2.42. The van der Waals surface area contributed by atoms with E-state index in [9.17, 15) is 4.79 Å². The molecular formula is C24H28N4O2S2. The molecular weight excluding hydrogens is 440 g/mol. The number of nitrogens with one attached hydrogen (secondary N) is 2. The molecule has 1 aliphatic rings. The molecule has 0 aliphatic carbocycles. The van der Waals surface area contributed by atoms with Crippen LogP contribution < -0.4 is 10.6 Å². The molecule has 4 rings (SSSR count). The van der Waals surface area contributed by atoms with Crippen LogP contribution in [0.4, 0.5) is 5.13 Å². The van der Waals surface area contributed by atoms with Crippen LogP contribution in [0.1, 0.15) is 36.3 Å². The van der Waals surface area contributed by atoms with E-state index in [1.54, 1.807) is 0 Å². The maximum atomic E-state index is 12.4. The van der Waals surface area contributed by atoms with E-state index in [1.165, 1.54) is 34.2 Å². The maximum absolute atomic E-state index is 12.4. The second-order valence-electron chi connectivity index (χ2n) is 7.69. The van der Waals surface area contributed by atoms with Gasteiger partial charge in [0.1, 0.15) is 0 Å². The van der Waals surface area contributed by atoms with E-state index in [4.69, 9.17) is 4.74 Å². The Morgan fingerprint density at radius 1 is 1.09 bits per heavy atom. The number of carbonyl (C=O) groups is 1. The van der Waals surface area contributed by atoms with Gasteiger partial charge in [0.2, 0.25) is 11.0 Å². The fourth-order valence-corrected chi connectivity index (χ4v) is 5.37. The van der Waals surface area contributed by atoms with E-state index in [-0.39, 0.29) is 17.9 Å². The molecule has 2 aromatic carbocycles. The third kappa shape index (κ3) is 6.79. The number of ether oxygens (including phenoxy) is 1. The highest BCUT2D eigenvalue weighted by Crippen LogP contribution is 2.28. The molecule has 32 heavy (non-hydrogen) atoms. The zero-order valence-corrected chi connectivity index (χ0v) is 19.5. The topological polar surface area (TPSA) is 76.1 Å². The highest BCUT2D eigenvalue weighted by molar-refractivity contribution is 8.01. The van der Waals surface area contributed by atoms with Crippen molar-refractivity contribution in [1.82, 2.24) is 15.5 Å². The van der Waals surface area contributed by atoms with Crippen LogP contribution in [0, 0.1) is 0 Å². The van der Waals surface area contributed by atoms with Gasteiger partial charge in [0.05, 0.1) is 11.9 Å². The van der Waals surface area contributed by atoms with Crippen molar-refractivity contribution < 1.29 is 9.53 Å². The molecule has 0 bridgehead atoms. The zero-order chi connectivity index (χ0) is 22.0. The molecule has 2 heterocycles. The fourth-order valence-electron chi connectivity index (χ4n) is 3.78. The van der Waals surface area contributed by atoms with Gasteiger partial charge in [-0.15, -0.1) is 10.2 Å². The third-order valence-corrected chi connectivity index (χ3v) is 7.41. The number of benzene rings is 2. The number of amides is 1. The van der Waals surface area contributed by atoms with Gasteiger partial charge in [-0.05, 0) is 30.4 Å². The monoisotopic (exact) mass is 468 g/mol. The molecule has 1 fully saturated rings. The molecule has 0 radical (unpaired) electrons. The molecule has 1 aromatic heterocycles. The molecule has 1 atom stereocenters. The predicted octanol–water partition coefficient (Wildman–Crippen LogP) is 4.56. The zero-order valence-electron chi connectivity index (χ0n) is 17.9. The summed E-state index contributed by atoms with van der Waals surface area (Å²) < 4.78 is 6.40. The van der Waals surface area contributed by atoms with Crippen molar-refractivity contribution in [3.05, 3.63) is 71.8 Å². The molecule has 2 N–H and O–H groups in total. The van der Waals surface area contributed by atoms with Crippen molar-refractivity contribution in [2.75, 3.05) is 30.8 Å². The highest BCUT2D eigenvalue weighted by atomic mass is 32.2. The Labute approximate surface area is 197 Å². The molecule has 168 valence electrons. The minimum absolute atomic E-state index is 0.0129. The smallest absolute Gasteiger partial charge is 0.230 e. The average molecular weight is 469 g/mol. The van der Waals surface area contributed by atoms with Gasteiger partial charge in [-0.2, -0.15) is 0 Å². The van der Waals surface area contributed by atoms with Crippen LogP contribution in [0.2, 0.25) is 0 Å². The largest absolute Gasteiger partial charge is 0.376 e. The van der Waals surface area contributed by atoms with Gasteiger partial charge in [-0.1, -0.05) is 83.8 Å². The number of rotatable bonds is 11. The minimum Gasteiger partial charge on any atom is -0.376 e. The van der Waals surface area contributed by atoms with Crippen LogP contribution in [0.15, 0.2) is 65.0 Å². The number of nitrogens with zero attached hydrogens (tertiary/aromatic N) is 2. The third-order valence-electron chi connectivity index (χ3n) is 5.40. The van der Waals surface area contributed by atoms with Gasteiger partial charge in [0, 0.05) is 25.6 Å². The molecule has 0 saturated carbocycles. The van der Waals surface area contributed by atoms with Crippen LogP contribution >= 0.6 is 23.1 Å². The first-order valence-electron chi connectivity index (χ1n) is 11.0. The first-order valence-corrected chi connectivity index (χ1v) is 12.8. The Bertz CT molecular complexity index is 923. The van der Waals surface area contributed by atoms with E-state index >= 15 is 0 Å². The van der Waals surface area contributed by atoms with Gasteiger partial charge in [0.15, 0.2) is 4.34 Å². The highest BCUT2D eigenvalue weighted by Gasteiger charge is 2.17. The lowest BCUT2D eigenvalue weighted by molar-refractivity contribution is -0.118. The van der Waals surface area contributed by atoms with E-state index in [2.05, 4.69) is 69.4 Å². The summed E-state index contributed by atoms with van der Waals surface area (Å²) in [6.07, 6.45) is 3.32. The van der Waals surface area contributed by atoms with Crippen molar-refractivity contribution in [1.29, 1.82) is 0 Å². The number of carbonyl (C=O) groups excluding carboxylic acids is 1. The van der Waals surface area contributed by atoms with Crippen molar-refractivity contribution in [2.45, 2.75) is 35.6 Å². The summed E-state index contributed by atoms with van der Waals surface area (Å²) in [6.45, 7) is 2.22. The second kappa shape index (κ2) is 12.0. The lowest BCUT2D eigenvalue weighted by atomic mass is 9.88. The molecule has 1 unspecified atom stereocenters. The maximum Gasteiger partial charge on any atom is 0.230 e. The van der Waals surface area contributed by atoms with Crippen LogP contribution in [0.3, 0.4) is 0 Å². The van der Waals surface area contributed by atoms with Crippen LogP contribution in [0.25, 0.3) is 0 Å². The van der Waals surface area contributed by atoms with Crippen molar-refractivity contribution in [2.24, 2.45) is 0 Å². The summed E-state index contributed by atoms with van der Waals surface area (Å²) in [6, 6.07) is 20.9. The minimum atomic E-state index is 0.0129. The quantitative estimate of drug-likeness (QED) is 0.402. The average Bonchev–Trinajstić information content (AvgIpc) is 3.52. The number of thioether (sulfide) groups is 1. The van der Waals surface area contributed by atoms with Crippen molar-refractivity contribution in [3.63, 3.8) is 0 Å². The summed E-state index contributed by atoms with van der Waals surface area (Å²) in [5.41, 5.74) is 2.53. The molecule has 6 nitrogen and oxygen atoms in total.